The second kappa shape index (κ2) is 9.49. The van der Waals surface area contributed by atoms with Crippen molar-refractivity contribution in [3.63, 3.8) is 0 Å². The van der Waals surface area contributed by atoms with Gasteiger partial charge in [0, 0.05) is 26.1 Å². The molecule has 0 aliphatic rings. The minimum Gasteiger partial charge on any atom is -0.482 e. The Morgan fingerprint density at radius 2 is 2.07 bits per heavy atom. The van der Waals surface area contributed by atoms with Crippen LogP contribution in [0.15, 0.2) is 34.9 Å². The molecule has 2 aromatic rings. The van der Waals surface area contributed by atoms with Crippen LogP contribution in [0.1, 0.15) is 30.1 Å². The van der Waals surface area contributed by atoms with Crippen LogP contribution in [0.5, 0.6) is 5.75 Å². The van der Waals surface area contributed by atoms with Crippen LogP contribution in [0.2, 0.25) is 0 Å². The molecule has 0 bridgehead atoms. The molecule has 2 rings (SSSR count). The van der Waals surface area contributed by atoms with Gasteiger partial charge in [-0.3, -0.25) is 9.59 Å². The van der Waals surface area contributed by atoms with E-state index in [-0.39, 0.29) is 42.8 Å². The van der Waals surface area contributed by atoms with E-state index in [2.05, 4.69) is 10.5 Å². The Morgan fingerprint density at radius 3 is 2.71 bits per heavy atom. The third-order valence-corrected chi connectivity index (χ3v) is 3.80. The number of benzene rings is 1. The van der Waals surface area contributed by atoms with Gasteiger partial charge in [0.05, 0.1) is 0 Å². The Morgan fingerprint density at radius 1 is 1.36 bits per heavy atom. The lowest BCUT2D eigenvalue weighted by atomic mass is 10.2. The molecular weight excluding hydrogens is 373 g/mol. The predicted octanol–water partition coefficient (Wildman–Crippen LogP) is 1.44. The van der Waals surface area contributed by atoms with Crippen molar-refractivity contribution in [2.24, 2.45) is 0 Å². The first-order chi connectivity index (χ1) is 13.3. The van der Waals surface area contributed by atoms with Gasteiger partial charge in [-0.1, -0.05) is 17.3 Å². The van der Waals surface area contributed by atoms with E-state index >= 15 is 0 Å². The van der Waals surface area contributed by atoms with Gasteiger partial charge in [-0.2, -0.15) is 0 Å². The minimum absolute atomic E-state index is 0.0169. The van der Waals surface area contributed by atoms with Gasteiger partial charge in [0.1, 0.15) is 12.6 Å². The molecule has 1 unspecified atom stereocenters. The van der Waals surface area contributed by atoms with Crippen LogP contribution in [-0.2, 0) is 16.2 Å². The summed E-state index contributed by atoms with van der Waals surface area (Å²) in [5, 5.41) is 15.4. The van der Waals surface area contributed by atoms with Crippen LogP contribution in [0, 0.1) is 5.82 Å². The molecule has 1 aromatic heterocycles. The summed E-state index contributed by atoms with van der Waals surface area (Å²) in [7, 11) is 0. The number of halogens is 1. The molecule has 1 aromatic carbocycles. The summed E-state index contributed by atoms with van der Waals surface area (Å²) >= 11 is 0. The summed E-state index contributed by atoms with van der Waals surface area (Å²) in [6, 6.07) is 5.96. The van der Waals surface area contributed by atoms with Crippen molar-refractivity contribution < 1.29 is 33.1 Å². The average Bonchev–Trinajstić information content (AvgIpc) is 3.12. The Hall–Kier alpha value is -3.43. The van der Waals surface area contributed by atoms with Crippen molar-refractivity contribution in [2.75, 3.05) is 13.1 Å². The third-order valence-electron chi connectivity index (χ3n) is 3.80. The van der Waals surface area contributed by atoms with Crippen LogP contribution in [0.25, 0.3) is 0 Å². The van der Waals surface area contributed by atoms with Gasteiger partial charge in [0.25, 0.3) is 5.91 Å². The molecule has 0 aliphatic carbocycles. The smallest absolute Gasteiger partial charge is 0.326 e. The highest BCUT2D eigenvalue weighted by Crippen LogP contribution is 2.18. The van der Waals surface area contributed by atoms with Gasteiger partial charge in [-0.15, -0.1) is 0 Å². The van der Waals surface area contributed by atoms with Crippen LogP contribution in [0.4, 0.5) is 4.39 Å². The molecular formula is C18H20FN3O6. The topological polar surface area (TPSA) is 122 Å². The van der Waals surface area contributed by atoms with Gasteiger partial charge in [-0.05, 0) is 19.1 Å². The summed E-state index contributed by atoms with van der Waals surface area (Å²) in [5.74, 6) is -2.55. The van der Waals surface area contributed by atoms with Crippen LogP contribution in [-0.4, -0.2) is 52.1 Å². The average molecular weight is 393 g/mol. The molecule has 1 atom stereocenters. The Kier molecular flexibility index (Phi) is 7.08. The molecule has 0 fully saturated rings. The molecule has 0 saturated heterocycles. The lowest BCUT2D eigenvalue weighted by Gasteiger charge is -2.25. The first-order valence-corrected chi connectivity index (χ1v) is 8.40. The second-order valence-electron chi connectivity index (χ2n) is 5.89. The zero-order valence-corrected chi connectivity index (χ0v) is 15.3. The number of carbonyl (C=O) groups is 3. The van der Waals surface area contributed by atoms with E-state index in [1.54, 1.807) is 6.07 Å². The fourth-order valence-electron chi connectivity index (χ4n) is 2.30. The maximum Gasteiger partial charge on any atom is 0.326 e. The Balaban J connectivity index is 2.06. The molecule has 9 nitrogen and oxygen atoms in total. The lowest BCUT2D eigenvalue weighted by molar-refractivity contribution is -0.141. The standard InChI is InChI=1S/C18H20FN3O6/c1-11(18(25)26)22(8-7-20-12(2)23)17(24)15-9-13(28-21-15)10-27-16-6-4-3-5-14(16)19/h3-6,9,11H,7-8,10H2,1-2H3,(H,20,23)(H,25,26). The summed E-state index contributed by atoms with van der Waals surface area (Å²) in [4.78, 5) is 36.0. The third kappa shape index (κ3) is 5.53. The number of ether oxygens (including phenoxy) is 1. The summed E-state index contributed by atoms with van der Waals surface area (Å²) in [6.45, 7) is 2.55. The normalized spacial score (nSPS) is 11.5. The van der Waals surface area contributed by atoms with Crippen molar-refractivity contribution in [3.05, 3.63) is 47.6 Å². The number of aromatic nitrogens is 1. The molecule has 150 valence electrons. The van der Waals surface area contributed by atoms with Crippen molar-refractivity contribution >= 4 is 17.8 Å². The van der Waals surface area contributed by atoms with Crippen molar-refractivity contribution in [1.29, 1.82) is 0 Å². The van der Waals surface area contributed by atoms with E-state index in [1.165, 1.54) is 38.1 Å². The monoisotopic (exact) mass is 393 g/mol. The number of rotatable bonds is 9. The Bertz CT molecular complexity index is 853. The molecule has 0 spiro atoms. The summed E-state index contributed by atoms with van der Waals surface area (Å²) < 4.78 is 23.9. The largest absolute Gasteiger partial charge is 0.482 e. The van der Waals surface area contributed by atoms with E-state index in [0.29, 0.717) is 0 Å². The van der Waals surface area contributed by atoms with E-state index in [9.17, 15) is 23.9 Å². The van der Waals surface area contributed by atoms with Gasteiger partial charge in [0.2, 0.25) is 5.91 Å². The maximum absolute atomic E-state index is 13.6. The number of para-hydroxylation sites is 1. The zero-order valence-electron chi connectivity index (χ0n) is 15.3. The highest BCUT2D eigenvalue weighted by molar-refractivity contribution is 5.94. The highest BCUT2D eigenvalue weighted by atomic mass is 19.1. The number of hydrogen-bond donors (Lipinski definition) is 2. The molecule has 1 heterocycles. The quantitative estimate of drug-likeness (QED) is 0.661. The highest BCUT2D eigenvalue weighted by Gasteiger charge is 2.28. The lowest BCUT2D eigenvalue weighted by Crippen LogP contribution is -2.46. The SMILES string of the molecule is CC(=O)NCCN(C(=O)c1cc(COc2ccccc2F)on1)C(C)C(=O)O. The van der Waals surface area contributed by atoms with Crippen LogP contribution < -0.4 is 10.1 Å². The Labute approximate surface area is 160 Å². The van der Waals surface area contributed by atoms with E-state index < -0.39 is 23.7 Å². The van der Waals surface area contributed by atoms with Crippen LogP contribution in [0.3, 0.4) is 0 Å². The molecule has 28 heavy (non-hydrogen) atoms. The predicted molar refractivity (Wildman–Crippen MR) is 94.1 cm³/mol. The number of carbonyl (C=O) groups excluding carboxylic acids is 2. The fraction of sp³-hybridized carbons (Fsp3) is 0.333. The van der Waals surface area contributed by atoms with Gasteiger partial charge in [0.15, 0.2) is 23.0 Å². The number of hydrogen-bond acceptors (Lipinski definition) is 6. The molecule has 2 N–H and O–H groups in total. The molecule has 0 saturated carbocycles. The molecule has 10 heteroatoms. The summed E-state index contributed by atoms with van der Waals surface area (Å²) in [6.07, 6.45) is 0. The molecule has 0 aliphatic heterocycles. The number of nitrogens with zero attached hydrogens (tertiary/aromatic N) is 2. The number of aliphatic carboxylic acids is 1. The van der Waals surface area contributed by atoms with E-state index in [1.807, 2.05) is 0 Å². The van der Waals surface area contributed by atoms with Crippen LogP contribution >= 0.6 is 0 Å². The van der Waals surface area contributed by atoms with Crippen molar-refractivity contribution in [3.8, 4) is 5.75 Å². The zero-order chi connectivity index (χ0) is 20.7. The van der Waals surface area contributed by atoms with Crippen molar-refractivity contribution in [2.45, 2.75) is 26.5 Å². The first kappa shape index (κ1) is 20.9. The minimum atomic E-state index is -1.21. The van der Waals surface area contributed by atoms with Crippen molar-refractivity contribution in [1.82, 2.24) is 15.4 Å². The van der Waals surface area contributed by atoms with Gasteiger partial charge in [-0.25, -0.2) is 9.18 Å². The second-order valence-corrected chi connectivity index (χ2v) is 5.89. The molecule has 0 radical (unpaired) electrons. The maximum atomic E-state index is 13.6. The van der Waals surface area contributed by atoms with Gasteiger partial charge < -0.3 is 24.6 Å². The number of nitrogens with one attached hydrogen (secondary N) is 1. The fourth-order valence-corrected chi connectivity index (χ4v) is 2.30. The van der Waals surface area contributed by atoms with E-state index in [0.717, 1.165) is 4.90 Å². The first-order valence-electron chi connectivity index (χ1n) is 8.40. The van der Waals surface area contributed by atoms with E-state index in [4.69, 9.17) is 9.26 Å². The number of carboxylic acids is 1. The molecule has 2 amide bonds. The number of amides is 2. The van der Waals surface area contributed by atoms with Gasteiger partial charge >= 0.3 is 5.97 Å². The summed E-state index contributed by atoms with van der Waals surface area (Å²) in [5.41, 5.74) is -0.122. The number of carboxylic acid groups (broad SMARTS) is 1.